The van der Waals surface area contributed by atoms with Crippen LogP contribution in [0.3, 0.4) is 0 Å². The summed E-state index contributed by atoms with van der Waals surface area (Å²) in [5.74, 6) is 0.763. The molecule has 0 unspecified atom stereocenters. The van der Waals surface area contributed by atoms with Crippen LogP contribution in [0.1, 0.15) is 26.3 Å². The number of amides is 2. The number of para-hydroxylation sites is 1. The van der Waals surface area contributed by atoms with Crippen LogP contribution >= 0.6 is 0 Å². The molecule has 0 atom stereocenters. The van der Waals surface area contributed by atoms with Crippen LogP contribution in [0.4, 0.5) is 0 Å². The van der Waals surface area contributed by atoms with Crippen LogP contribution in [0.2, 0.25) is 0 Å². The minimum atomic E-state index is -0.222. The van der Waals surface area contributed by atoms with Crippen LogP contribution in [0.15, 0.2) is 82.0 Å². The van der Waals surface area contributed by atoms with Gasteiger partial charge in [-0.15, -0.1) is 0 Å². The number of hydrogen-bond acceptors (Lipinski definition) is 5. The lowest BCUT2D eigenvalue weighted by molar-refractivity contribution is 0.0535. The Morgan fingerprint density at radius 3 is 2.19 bits per heavy atom. The predicted octanol–water partition coefficient (Wildman–Crippen LogP) is 4.38. The number of piperazine rings is 1. The molecule has 2 amide bonds. The molecule has 1 saturated heterocycles. The van der Waals surface area contributed by atoms with Gasteiger partial charge in [-0.25, -0.2) is 0 Å². The standard InChI is InChI=1S/C29H26N2O5/c1-19-25(32)23-12-7-13-24(27(23)36-26(19)20-8-4-3-5-9-20)29(34)31-16-14-30(15-17-31)28(33)21-10-6-11-22(18-21)35-2/h3-13,18H,14-17H2,1-2H3. The van der Waals surface area contributed by atoms with Gasteiger partial charge in [-0.2, -0.15) is 0 Å². The Balaban J connectivity index is 1.40. The Hall–Kier alpha value is -4.39. The van der Waals surface area contributed by atoms with E-state index in [1.165, 1.54) is 0 Å². The maximum Gasteiger partial charge on any atom is 0.257 e. The Bertz CT molecular complexity index is 1500. The van der Waals surface area contributed by atoms with Crippen LogP contribution in [-0.2, 0) is 0 Å². The molecule has 0 radical (unpaired) electrons. The van der Waals surface area contributed by atoms with Crippen molar-refractivity contribution in [3.8, 4) is 17.1 Å². The lowest BCUT2D eigenvalue weighted by Crippen LogP contribution is -2.50. The van der Waals surface area contributed by atoms with E-state index in [1.807, 2.05) is 30.3 Å². The summed E-state index contributed by atoms with van der Waals surface area (Å²) in [7, 11) is 1.56. The topological polar surface area (TPSA) is 80.1 Å². The van der Waals surface area contributed by atoms with Gasteiger partial charge in [0.2, 0.25) is 0 Å². The third-order valence-electron chi connectivity index (χ3n) is 6.58. The van der Waals surface area contributed by atoms with Crippen LogP contribution in [0, 0.1) is 6.92 Å². The smallest absolute Gasteiger partial charge is 0.257 e. The zero-order valence-corrected chi connectivity index (χ0v) is 20.2. The second-order valence-electron chi connectivity index (χ2n) is 8.75. The predicted molar refractivity (Wildman–Crippen MR) is 137 cm³/mol. The third kappa shape index (κ3) is 4.24. The number of carbonyl (C=O) groups excluding carboxylic acids is 2. The van der Waals surface area contributed by atoms with E-state index in [2.05, 4.69) is 0 Å². The highest BCUT2D eigenvalue weighted by Gasteiger charge is 2.28. The zero-order valence-electron chi connectivity index (χ0n) is 20.2. The molecule has 0 spiro atoms. The van der Waals surface area contributed by atoms with Crippen molar-refractivity contribution in [2.24, 2.45) is 0 Å². The molecule has 36 heavy (non-hydrogen) atoms. The normalized spacial score (nSPS) is 13.6. The van der Waals surface area contributed by atoms with E-state index in [4.69, 9.17) is 9.15 Å². The maximum absolute atomic E-state index is 13.5. The largest absolute Gasteiger partial charge is 0.497 e. The zero-order chi connectivity index (χ0) is 25.2. The summed E-state index contributed by atoms with van der Waals surface area (Å²) < 4.78 is 11.4. The number of carbonyl (C=O) groups is 2. The molecule has 0 bridgehead atoms. The molecule has 7 nitrogen and oxygen atoms in total. The minimum absolute atomic E-state index is 0.0971. The van der Waals surface area contributed by atoms with E-state index >= 15 is 0 Å². The van der Waals surface area contributed by atoms with Crippen LogP contribution in [0.25, 0.3) is 22.3 Å². The van der Waals surface area contributed by atoms with Crippen LogP contribution in [0.5, 0.6) is 5.75 Å². The van der Waals surface area contributed by atoms with Crippen molar-refractivity contribution in [3.05, 3.63) is 99.7 Å². The van der Waals surface area contributed by atoms with E-state index in [0.29, 0.717) is 59.8 Å². The van der Waals surface area contributed by atoms with Gasteiger partial charge in [0, 0.05) is 42.9 Å². The SMILES string of the molecule is COc1cccc(C(=O)N2CCN(C(=O)c3cccc4c(=O)c(C)c(-c5ccccc5)oc34)CC2)c1. The van der Waals surface area contributed by atoms with Crippen molar-refractivity contribution in [1.82, 2.24) is 9.80 Å². The molecular weight excluding hydrogens is 456 g/mol. The van der Waals surface area contributed by atoms with Crippen molar-refractivity contribution in [1.29, 1.82) is 0 Å². The number of benzene rings is 3. The molecule has 7 heteroatoms. The average molecular weight is 483 g/mol. The number of hydrogen-bond donors (Lipinski definition) is 0. The molecule has 1 aliphatic heterocycles. The summed E-state index contributed by atoms with van der Waals surface area (Å²) in [6.07, 6.45) is 0. The van der Waals surface area contributed by atoms with Gasteiger partial charge in [0.05, 0.1) is 18.1 Å². The van der Waals surface area contributed by atoms with Gasteiger partial charge in [-0.05, 0) is 37.3 Å². The number of nitrogens with zero attached hydrogens (tertiary/aromatic N) is 2. The lowest BCUT2D eigenvalue weighted by Gasteiger charge is -2.35. The molecule has 3 aromatic carbocycles. The summed E-state index contributed by atoms with van der Waals surface area (Å²) in [6, 6.07) is 21.5. The lowest BCUT2D eigenvalue weighted by atomic mass is 10.0. The van der Waals surface area contributed by atoms with E-state index in [-0.39, 0.29) is 22.8 Å². The number of methoxy groups -OCH3 is 1. The number of ether oxygens (including phenoxy) is 1. The molecule has 0 N–H and O–H groups in total. The molecule has 1 fully saturated rings. The van der Waals surface area contributed by atoms with Crippen molar-refractivity contribution in [2.45, 2.75) is 6.92 Å². The monoisotopic (exact) mass is 482 g/mol. The number of fused-ring (bicyclic) bond motifs is 1. The molecule has 1 aromatic heterocycles. The average Bonchev–Trinajstić information content (AvgIpc) is 2.94. The van der Waals surface area contributed by atoms with E-state index < -0.39 is 0 Å². The van der Waals surface area contributed by atoms with Crippen LogP contribution < -0.4 is 10.2 Å². The van der Waals surface area contributed by atoms with Crippen molar-refractivity contribution in [3.63, 3.8) is 0 Å². The van der Waals surface area contributed by atoms with E-state index in [9.17, 15) is 14.4 Å². The van der Waals surface area contributed by atoms with Crippen molar-refractivity contribution < 1.29 is 18.7 Å². The van der Waals surface area contributed by atoms with Crippen molar-refractivity contribution >= 4 is 22.8 Å². The fourth-order valence-corrected chi connectivity index (χ4v) is 4.56. The molecule has 4 aromatic rings. The summed E-state index contributed by atoms with van der Waals surface area (Å²) in [5.41, 5.74) is 2.30. The Morgan fingerprint density at radius 1 is 0.833 bits per heavy atom. The quantitative estimate of drug-likeness (QED) is 0.431. The second-order valence-corrected chi connectivity index (χ2v) is 8.75. The molecule has 182 valence electrons. The Morgan fingerprint density at radius 2 is 1.50 bits per heavy atom. The highest BCUT2D eigenvalue weighted by Crippen LogP contribution is 2.28. The van der Waals surface area contributed by atoms with Crippen molar-refractivity contribution in [2.75, 3.05) is 33.3 Å². The Kier molecular flexibility index (Phi) is 6.29. The fraction of sp³-hybridized carbons (Fsp3) is 0.207. The first-order valence-electron chi connectivity index (χ1n) is 11.8. The van der Waals surface area contributed by atoms with E-state index in [0.717, 1.165) is 5.56 Å². The number of rotatable bonds is 4. The van der Waals surface area contributed by atoms with Gasteiger partial charge in [0.25, 0.3) is 11.8 Å². The summed E-state index contributed by atoms with van der Waals surface area (Å²) in [4.78, 5) is 43.0. The van der Waals surface area contributed by atoms with E-state index in [1.54, 1.807) is 66.3 Å². The molecular formula is C29H26N2O5. The van der Waals surface area contributed by atoms with Gasteiger partial charge >= 0.3 is 0 Å². The van der Waals surface area contributed by atoms with Gasteiger partial charge < -0.3 is 19.0 Å². The van der Waals surface area contributed by atoms with Gasteiger partial charge in [0.15, 0.2) is 11.0 Å². The first-order valence-corrected chi connectivity index (χ1v) is 11.8. The molecule has 2 heterocycles. The molecule has 5 rings (SSSR count). The maximum atomic E-state index is 13.5. The van der Waals surface area contributed by atoms with Gasteiger partial charge in [-0.3, -0.25) is 14.4 Å². The van der Waals surface area contributed by atoms with Gasteiger partial charge in [0.1, 0.15) is 11.5 Å². The minimum Gasteiger partial charge on any atom is -0.497 e. The molecule has 1 aliphatic rings. The highest BCUT2D eigenvalue weighted by molar-refractivity contribution is 6.05. The third-order valence-corrected chi connectivity index (χ3v) is 6.58. The summed E-state index contributed by atoms with van der Waals surface area (Å²) >= 11 is 0. The summed E-state index contributed by atoms with van der Waals surface area (Å²) in [5, 5.41) is 0.380. The molecule has 0 saturated carbocycles. The van der Waals surface area contributed by atoms with Gasteiger partial charge in [-0.1, -0.05) is 42.5 Å². The Labute approximate surface area is 208 Å². The molecule has 0 aliphatic carbocycles. The summed E-state index contributed by atoms with van der Waals surface area (Å²) in [6.45, 7) is 3.32. The second kappa shape index (κ2) is 9.70. The first-order chi connectivity index (χ1) is 17.5. The fourth-order valence-electron chi connectivity index (χ4n) is 4.56. The van der Waals surface area contributed by atoms with Crippen LogP contribution in [-0.4, -0.2) is 54.9 Å². The first kappa shape index (κ1) is 23.4. The highest BCUT2D eigenvalue weighted by atomic mass is 16.5.